The van der Waals surface area contributed by atoms with Gasteiger partial charge in [-0.2, -0.15) is 5.10 Å². The highest BCUT2D eigenvalue weighted by Gasteiger charge is 2.25. The van der Waals surface area contributed by atoms with Crippen molar-refractivity contribution >= 4 is 23.6 Å². The first-order chi connectivity index (χ1) is 17.7. The van der Waals surface area contributed by atoms with Crippen LogP contribution in [0.2, 0.25) is 0 Å². The third kappa shape index (κ3) is 7.25. The van der Waals surface area contributed by atoms with Gasteiger partial charge in [-0.1, -0.05) is 57.2 Å². The van der Waals surface area contributed by atoms with E-state index in [1.807, 2.05) is 54.6 Å². The van der Waals surface area contributed by atoms with Crippen LogP contribution in [-0.2, 0) is 23.8 Å². The van der Waals surface area contributed by atoms with Crippen LogP contribution in [0.4, 0.5) is 21.1 Å². The number of amides is 3. The fourth-order valence-electron chi connectivity index (χ4n) is 4.04. The van der Waals surface area contributed by atoms with Crippen LogP contribution in [0, 0.1) is 0 Å². The summed E-state index contributed by atoms with van der Waals surface area (Å²) >= 11 is 0. The Kier molecular flexibility index (Phi) is 8.01. The van der Waals surface area contributed by atoms with E-state index in [9.17, 15) is 9.59 Å². The number of likely N-dealkylation sites (tertiary alicyclic amines) is 1. The van der Waals surface area contributed by atoms with Crippen molar-refractivity contribution in [3.8, 4) is 5.75 Å². The fourth-order valence-corrected chi connectivity index (χ4v) is 4.04. The summed E-state index contributed by atoms with van der Waals surface area (Å²) in [7, 11) is 1.80. The zero-order chi connectivity index (χ0) is 26.4. The van der Waals surface area contributed by atoms with Gasteiger partial charge in [-0.25, -0.2) is 9.59 Å². The molecule has 9 heteroatoms. The number of hydrogen-bond donors (Lipinski definition) is 2. The highest BCUT2D eigenvalue weighted by atomic mass is 16.6. The number of carbonyl (C=O) groups excluding carboxylic acids is 2. The lowest BCUT2D eigenvalue weighted by molar-refractivity contribution is 0.0638. The summed E-state index contributed by atoms with van der Waals surface area (Å²) in [6.45, 7) is 7.63. The lowest BCUT2D eigenvalue weighted by Gasteiger charge is -2.31. The molecule has 0 atom stereocenters. The van der Waals surface area contributed by atoms with Crippen molar-refractivity contribution in [3.63, 3.8) is 0 Å². The zero-order valence-electron chi connectivity index (χ0n) is 21.9. The van der Waals surface area contributed by atoms with Crippen LogP contribution in [-0.4, -0.2) is 46.0 Å². The van der Waals surface area contributed by atoms with E-state index in [0.29, 0.717) is 43.2 Å². The van der Waals surface area contributed by atoms with Crippen molar-refractivity contribution in [2.75, 3.05) is 23.7 Å². The van der Waals surface area contributed by atoms with Crippen LogP contribution >= 0.6 is 0 Å². The number of ether oxygens (including phenoxy) is 2. The highest BCUT2D eigenvalue weighted by molar-refractivity contribution is 5.99. The van der Waals surface area contributed by atoms with Crippen LogP contribution in [0.25, 0.3) is 0 Å². The molecule has 1 saturated heterocycles. The molecule has 3 amide bonds. The summed E-state index contributed by atoms with van der Waals surface area (Å²) in [5.74, 6) is 1.28. The summed E-state index contributed by atoms with van der Waals surface area (Å²) in [5, 5.41) is 10.2. The Hall–Kier alpha value is -4.01. The van der Waals surface area contributed by atoms with E-state index in [-0.39, 0.29) is 30.3 Å². The van der Waals surface area contributed by atoms with Gasteiger partial charge in [-0.3, -0.25) is 10.00 Å². The van der Waals surface area contributed by atoms with E-state index in [2.05, 4.69) is 36.5 Å². The Balaban J connectivity index is 1.24. The first-order valence-corrected chi connectivity index (χ1v) is 12.5. The second-order valence-corrected chi connectivity index (χ2v) is 10.2. The van der Waals surface area contributed by atoms with E-state index in [1.165, 1.54) is 0 Å². The number of aromatic nitrogens is 2. The van der Waals surface area contributed by atoms with E-state index in [0.717, 1.165) is 11.3 Å². The van der Waals surface area contributed by atoms with E-state index in [4.69, 9.17) is 9.47 Å². The first-order valence-electron chi connectivity index (χ1n) is 12.5. The molecule has 0 aliphatic carbocycles. The number of piperidine rings is 1. The smallest absolute Gasteiger partial charge is 0.410 e. The van der Waals surface area contributed by atoms with Crippen molar-refractivity contribution in [1.82, 2.24) is 14.7 Å². The molecule has 9 nitrogen and oxygen atoms in total. The van der Waals surface area contributed by atoms with Gasteiger partial charge < -0.3 is 19.7 Å². The molecule has 1 aliphatic rings. The molecule has 1 aromatic heterocycles. The molecule has 3 aromatic rings. The number of aryl methyl sites for hydroxylation is 1. The monoisotopic (exact) mass is 505 g/mol. The summed E-state index contributed by atoms with van der Waals surface area (Å²) in [6, 6.07) is 18.5. The van der Waals surface area contributed by atoms with Gasteiger partial charge in [-0.15, -0.1) is 0 Å². The second kappa shape index (κ2) is 11.4. The molecular formula is C28H35N5O4. The Labute approximate surface area is 217 Å². The van der Waals surface area contributed by atoms with Gasteiger partial charge >= 0.3 is 12.1 Å². The Morgan fingerprint density at radius 1 is 1.00 bits per heavy atom. The van der Waals surface area contributed by atoms with Gasteiger partial charge in [-0.05, 0) is 17.7 Å². The van der Waals surface area contributed by atoms with Crippen molar-refractivity contribution in [2.24, 2.45) is 7.05 Å². The number of benzene rings is 2. The van der Waals surface area contributed by atoms with Crippen molar-refractivity contribution in [1.29, 1.82) is 0 Å². The van der Waals surface area contributed by atoms with Crippen molar-refractivity contribution in [2.45, 2.75) is 51.7 Å². The van der Waals surface area contributed by atoms with Crippen LogP contribution in [0.1, 0.15) is 44.9 Å². The molecule has 0 saturated carbocycles. The molecule has 2 aromatic carbocycles. The van der Waals surface area contributed by atoms with Gasteiger partial charge in [0.05, 0.1) is 5.69 Å². The minimum Gasteiger partial charge on any atom is -0.490 e. The van der Waals surface area contributed by atoms with Crippen LogP contribution in [0.15, 0.2) is 60.7 Å². The predicted molar refractivity (Wildman–Crippen MR) is 143 cm³/mol. The largest absolute Gasteiger partial charge is 0.490 e. The molecule has 196 valence electrons. The molecule has 1 aliphatic heterocycles. The molecule has 0 unspecified atom stereocenters. The molecular weight excluding hydrogens is 470 g/mol. The van der Waals surface area contributed by atoms with Crippen LogP contribution < -0.4 is 15.4 Å². The average molecular weight is 506 g/mol. The summed E-state index contributed by atoms with van der Waals surface area (Å²) < 4.78 is 13.2. The summed E-state index contributed by atoms with van der Waals surface area (Å²) in [6.07, 6.45) is 1.08. The first kappa shape index (κ1) is 26.1. The fraction of sp³-hybridized carbons (Fsp3) is 0.393. The number of carbonyl (C=O) groups is 2. The molecule has 0 radical (unpaired) electrons. The molecule has 2 N–H and O–H groups in total. The number of urea groups is 1. The molecule has 0 spiro atoms. The van der Waals surface area contributed by atoms with E-state index in [1.54, 1.807) is 22.7 Å². The lowest BCUT2D eigenvalue weighted by Crippen LogP contribution is -2.42. The van der Waals surface area contributed by atoms with Gasteiger partial charge in [0.2, 0.25) is 0 Å². The minimum atomic E-state index is -0.358. The average Bonchev–Trinajstić information content (AvgIpc) is 3.24. The Morgan fingerprint density at radius 2 is 1.73 bits per heavy atom. The topological polar surface area (TPSA) is 97.7 Å². The summed E-state index contributed by atoms with van der Waals surface area (Å²) in [4.78, 5) is 26.7. The maximum Gasteiger partial charge on any atom is 0.410 e. The molecule has 1 fully saturated rings. The zero-order valence-corrected chi connectivity index (χ0v) is 21.9. The van der Waals surface area contributed by atoms with Crippen LogP contribution in [0.3, 0.4) is 0 Å². The quantitative estimate of drug-likeness (QED) is 0.458. The Morgan fingerprint density at radius 3 is 2.41 bits per heavy atom. The lowest BCUT2D eigenvalue weighted by atomic mass is 9.92. The molecule has 0 bridgehead atoms. The number of rotatable bonds is 6. The van der Waals surface area contributed by atoms with Crippen LogP contribution in [0.5, 0.6) is 5.75 Å². The minimum absolute atomic E-state index is 0.0208. The maximum atomic E-state index is 12.6. The van der Waals surface area contributed by atoms with Crippen molar-refractivity contribution in [3.05, 3.63) is 71.9 Å². The van der Waals surface area contributed by atoms with E-state index >= 15 is 0 Å². The van der Waals surface area contributed by atoms with Gasteiger partial charge in [0.1, 0.15) is 24.3 Å². The van der Waals surface area contributed by atoms with E-state index < -0.39 is 0 Å². The maximum absolute atomic E-state index is 12.6. The molecule has 37 heavy (non-hydrogen) atoms. The third-order valence-electron chi connectivity index (χ3n) is 6.19. The normalized spacial score (nSPS) is 14.2. The number of hydrogen-bond acceptors (Lipinski definition) is 5. The SMILES string of the molecule is Cn1nc(C(C)(C)C)cc1NC(=O)Nc1cccc(OC2CCN(C(=O)OCc3ccccc3)CC2)c1. The number of nitrogens with one attached hydrogen (secondary N) is 2. The van der Waals surface area contributed by atoms with Gasteiger partial charge in [0.25, 0.3) is 0 Å². The second-order valence-electron chi connectivity index (χ2n) is 10.2. The number of anilines is 2. The standard InChI is InChI=1S/C28H35N5O4/c1-28(2,3)24-18-25(32(4)31-24)30-26(34)29-21-11-8-12-23(17-21)37-22-13-15-33(16-14-22)27(35)36-19-20-9-6-5-7-10-20/h5-12,17-18,22H,13-16,19H2,1-4H3,(H2,29,30,34). The third-order valence-corrected chi connectivity index (χ3v) is 6.19. The van der Waals surface area contributed by atoms with Gasteiger partial charge in [0.15, 0.2) is 0 Å². The Bertz CT molecular complexity index is 1210. The predicted octanol–water partition coefficient (Wildman–Crippen LogP) is 5.54. The molecule has 2 heterocycles. The van der Waals surface area contributed by atoms with Gasteiger partial charge in [0, 0.05) is 56.2 Å². The highest BCUT2D eigenvalue weighted by Crippen LogP contribution is 2.25. The summed E-state index contributed by atoms with van der Waals surface area (Å²) in [5.41, 5.74) is 2.37. The number of nitrogens with zero attached hydrogens (tertiary/aromatic N) is 3. The van der Waals surface area contributed by atoms with Crippen molar-refractivity contribution < 1.29 is 19.1 Å². The molecule has 4 rings (SSSR count).